The zero-order valence-electron chi connectivity index (χ0n) is 13.9. The van der Waals surface area contributed by atoms with Crippen molar-refractivity contribution in [3.8, 4) is 0 Å². The molecule has 2 atom stereocenters. The molecule has 1 N–H and O–H groups in total. The Balaban J connectivity index is 1.70. The molecule has 0 spiro atoms. The zero-order chi connectivity index (χ0) is 17.2. The van der Waals surface area contributed by atoms with Crippen molar-refractivity contribution in [2.75, 3.05) is 7.05 Å². The van der Waals surface area contributed by atoms with Gasteiger partial charge < -0.3 is 14.8 Å². The summed E-state index contributed by atoms with van der Waals surface area (Å²) in [7, 11) is 2.03. The minimum atomic E-state index is 0.0289. The van der Waals surface area contributed by atoms with E-state index in [1.54, 1.807) is 6.20 Å². The summed E-state index contributed by atoms with van der Waals surface area (Å²) in [6.45, 7) is 0.780. The Labute approximate surface area is 152 Å². The molecule has 5 nitrogen and oxygen atoms in total. The third-order valence-electron chi connectivity index (χ3n) is 4.58. The molecule has 3 aromatic rings. The molecule has 126 valence electrons. The highest BCUT2D eigenvalue weighted by Crippen LogP contribution is 2.37. The number of thiocarbonyl (C=S) groups is 1. The summed E-state index contributed by atoms with van der Waals surface area (Å²) in [6, 6.07) is 14.4. The van der Waals surface area contributed by atoms with Crippen LogP contribution in [0.5, 0.6) is 0 Å². The highest BCUT2D eigenvalue weighted by molar-refractivity contribution is 7.80. The van der Waals surface area contributed by atoms with Crippen LogP contribution in [-0.4, -0.2) is 31.6 Å². The summed E-state index contributed by atoms with van der Waals surface area (Å²) in [5.74, 6) is 0. The lowest BCUT2D eigenvalue weighted by molar-refractivity contribution is 0.351. The molecule has 0 aromatic carbocycles. The third kappa shape index (κ3) is 3.00. The SMILES string of the molecule is CN1C(=S)NC(c2ccccn2)C1c1cccn1Cc1cccnc1. The molecule has 1 fully saturated rings. The van der Waals surface area contributed by atoms with Gasteiger partial charge in [-0.2, -0.15) is 0 Å². The quantitative estimate of drug-likeness (QED) is 0.734. The van der Waals surface area contributed by atoms with E-state index in [0.717, 1.165) is 17.4 Å². The van der Waals surface area contributed by atoms with Gasteiger partial charge in [0.1, 0.15) is 0 Å². The first-order chi connectivity index (χ1) is 12.2. The Bertz CT molecular complexity index is 862. The molecule has 1 aliphatic heterocycles. The monoisotopic (exact) mass is 349 g/mol. The number of nitrogens with one attached hydrogen (secondary N) is 1. The Morgan fingerprint density at radius 1 is 1.12 bits per heavy atom. The molecule has 4 rings (SSSR count). The van der Waals surface area contributed by atoms with Gasteiger partial charge in [-0.15, -0.1) is 0 Å². The maximum absolute atomic E-state index is 5.51. The molecule has 1 aliphatic rings. The first kappa shape index (κ1) is 15.8. The first-order valence-corrected chi connectivity index (χ1v) is 8.63. The van der Waals surface area contributed by atoms with Crippen molar-refractivity contribution < 1.29 is 0 Å². The normalized spacial score (nSPS) is 19.9. The lowest BCUT2D eigenvalue weighted by Gasteiger charge is -2.25. The average Bonchev–Trinajstić information content (AvgIpc) is 3.21. The molecule has 2 unspecified atom stereocenters. The Kier molecular flexibility index (Phi) is 4.19. The van der Waals surface area contributed by atoms with E-state index in [1.807, 2.05) is 43.7 Å². The van der Waals surface area contributed by atoms with E-state index < -0.39 is 0 Å². The van der Waals surface area contributed by atoms with Crippen LogP contribution in [-0.2, 0) is 6.54 Å². The molecule has 0 saturated carbocycles. The van der Waals surface area contributed by atoms with Crippen molar-refractivity contribution in [3.05, 3.63) is 84.2 Å². The van der Waals surface area contributed by atoms with E-state index in [0.29, 0.717) is 0 Å². The summed E-state index contributed by atoms with van der Waals surface area (Å²) < 4.78 is 2.25. The minimum Gasteiger partial charge on any atom is -0.352 e. The maximum atomic E-state index is 5.51. The average molecular weight is 349 g/mol. The number of likely N-dealkylation sites (N-methyl/N-ethyl adjacent to an activating group) is 1. The standard InChI is InChI=1S/C19H19N5S/c1-23-18(17(22-19(23)25)15-7-2-3-10-21-15)16-8-5-11-24(16)13-14-6-4-9-20-12-14/h2-12,17-18H,13H2,1H3,(H,22,25). The van der Waals surface area contributed by atoms with Gasteiger partial charge in [0.25, 0.3) is 0 Å². The van der Waals surface area contributed by atoms with Crippen LogP contribution in [0.15, 0.2) is 67.3 Å². The summed E-state index contributed by atoms with van der Waals surface area (Å²) >= 11 is 5.51. The van der Waals surface area contributed by atoms with E-state index in [1.165, 1.54) is 11.3 Å². The van der Waals surface area contributed by atoms with Crippen LogP contribution in [0.2, 0.25) is 0 Å². The minimum absolute atomic E-state index is 0.0289. The highest BCUT2D eigenvalue weighted by atomic mass is 32.1. The van der Waals surface area contributed by atoms with Crippen LogP contribution in [0.25, 0.3) is 0 Å². The number of pyridine rings is 2. The third-order valence-corrected chi connectivity index (χ3v) is 4.99. The molecule has 1 saturated heterocycles. The van der Waals surface area contributed by atoms with E-state index in [9.17, 15) is 0 Å². The summed E-state index contributed by atoms with van der Waals surface area (Å²) in [4.78, 5) is 10.9. The van der Waals surface area contributed by atoms with Crippen molar-refractivity contribution in [1.29, 1.82) is 0 Å². The van der Waals surface area contributed by atoms with Crippen molar-refractivity contribution in [1.82, 2.24) is 24.8 Å². The second-order valence-corrected chi connectivity index (χ2v) is 6.55. The molecular formula is C19H19N5S. The van der Waals surface area contributed by atoms with Crippen molar-refractivity contribution in [3.63, 3.8) is 0 Å². The van der Waals surface area contributed by atoms with Gasteiger partial charge in [-0.3, -0.25) is 9.97 Å². The van der Waals surface area contributed by atoms with E-state index >= 15 is 0 Å². The number of hydrogen-bond acceptors (Lipinski definition) is 3. The Hall–Kier alpha value is -2.73. The molecular weight excluding hydrogens is 330 g/mol. The van der Waals surface area contributed by atoms with Crippen molar-refractivity contribution in [2.24, 2.45) is 0 Å². The van der Waals surface area contributed by atoms with Crippen LogP contribution in [0.1, 0.15) is 29.0 Å². The molecule has 0 radical (unpaired) electrons. The van der Waals surface area contributed by atoms with Gasteiger partial charge in [0, 0.05) is 44.1 Å². The van der Waals surface area contributed by atoms with E-state index in [2.05, 4.69) is 49.1 Å². The van der Waals surface area contributed by atoms with Gasteiger partial charge in [-0.1, -0.05) is 12.1 Å². The molecule has 6 heteroatoms. The predicted octanol–water partition coefficient (Wildman–Crippen LogP) is 2.93. The van der Waals surface area contributed by atoms with Crippen molar-refractivity contribution in [2.45, 2.75) is 18.6 Å². The van der Waals surface area contributed by atoms with Crippen LogP contribution in [0.4, 0.5) is 0 Å². The van der Waals surface area contributed by atoms with E-state index in [4.69, 9.17) is 12.2 Å². The molecule has 3 aromatic heterocycles. The zero-order valence-corrected chi connectivity index (χ0v) is 14.7. The largest absolute Gasteiger partial charge is 0.352 e. The second kappa shape index (κ2) is 6.64. The smallest absolute Gasteiger partial charge is 0.169 e. The molecule has 4 heterocycles. The van der Waals surface area contributed by atoms with Crippen molar-refractivity contribution >= 4 is 17.3 Å². The first-order valence-electron chi connectivity index (χ1n) is 8.22. The molecule has 0 aliphatic carbocycles. The van der Waals surface area contributed by atoms with Crippen LogP contribution in [0, 0.1) is 0 Å². The number of nitrogens with zero attached hydrogens (tertiary/aromatic N) is 4. The summed E-state index contributed by atoms with van der Waals surface area (Å²) in [5, 5.41) is 4.16. The number of rotatable bonds is 4. The molecule has 25 heavy (non-hydrogen) atoms. The van der Waals surface area contributed by atoms with Gasteiger partial charge >= 0.3 is 0 Å². The van der Waals surface area contributed by atoms with Crippen LogP contribution < -0.4 is 5.32 Å². The summed E-state index contributed by atoms with van der Waals surface area (Å²) in [5.41, 5.74) is 3.37. The van der Waals surface area contributed by atoms with Gasteiger partial charge in [0.15, 0.2) is 5.11 Å². The molecule has 0 bridgehead atoms. The van der Waals surface area contributed by atoms with E-state index in [-0.39, 0.29) is 12.1 Å². The number of hydrogen-bond donors (Lipinski definition) is 1. The lowest BCUT2D eigenvalue weighted by Crippen LogP contribution is -2.26. The fraction of sp³-hybridized carbons (Fsp3) is 0.211. The lowest BCUT2D eigenvalue weighted by atomic mass is 10.0. The fourth-order valence-corrected chi connectivity index (χ4v) is 3.60. The summed E-state index contributed by atoms with van der Waals surface area (Å²) in [6.07, 6.45) is 7.63. The molecule has 0 amide bonds. The number of aromatic nitrogens is 3. The Morgan fingerprint density at radius 3 is 2.80 bits per heavy atom. The van der Waals surface area contributed by atoms with Crippen LogP contribution >= 0.6 is 12.2 Å². The predicted molar refractivity (Wildman–Crippen MR) is 101 cm³/mol. The van der Waals surface area contributed by atoms with Gasteiger partial charge in [-0.25, -0.2) is 0 Å². The maximum Gasteiger partial charge on any atom is 0.169 e. The van der Waals surface area contributed by atoms with Gasteiger partial charge in [0.05, 0.1) is 17.8 Å². The highest BCUT2D eigenvalue weighted by Gasteiger charge is 2.38. The van der Waals surface area contributed by atoms with Gasteiger partial charge in [-0.05, 0) is 48.1 Å². The Morgan fingerprint density at radius 2 is 2.04 bits per heavy atom. The fourth-order valence-electron chi connectivity index (χ4n) is 3.36. The second-order valence-electron chi connectivity index (χ2n) is 6.16. The van der Waals surface area contributed by atoms with Gasteiger partial charge in [0.2, 0.25) is 0 Å². The topological polar surface area (TPSA) is 46.0 Å². The van der Waals surface area contributed by atoms with Crippen LogP contribution in [0.3, 0.4) is 0 Å².